The normalized spacial score (nSPS) is 12.7. The van der Waals surface area contributed by atoms with E-state index >= 15 is 0 Å². The highest BCUT2D eigenvalue weighted by molar-refractivity contribution is 7.90. The molecule has 0 saturated heterocycles. The van der Waals surface area contributed by atoms with Crippen molar-refractivity contribution in [1.82, 2.24) is 10.3 Å². The molecule has 110 valence electrons. The first kappa shape index (κ1) is 15.2. The summed E-state index contributed by atoms with van der Waals surface area (Å²) in [5.41, 5.74) is 0.852. The van der Waals surface area contributed by atoms with Gasteiger partial charge in [0.1, 0.15) is 0 Å². The fourth-order valence-electron chi connectivity index (χ4n) is 1.96. The zero-order chi connectivity index (χ0) is 15.5. The minimum atomic E-state index is -3.46. The van der Waals surface area contributed by atoms with Gasteiger partial charge in [-0.3, -0.25) is 9.78 Å². The molecule has 0 fully saturated rings. The van der Waals surface area contributed by atoms with Crippen molar-refractivity contribution in [2.45, 2.75) is 17.9 Å². The number of benzene rings is 1. The Balaban J connectivity index is 2.26. The Labute approximate surface area is 124 Å². The van der Waals surface area contributed by atoms with Gasteiger partial charge in [-0.1, -0.05) is 18.2 Å². The Morgan fingerprint density at radius 1 is 1.14 bits per heavy atom. The molecule has 1 N–H and O–H groups in total. The number of nitrogens with zero attached hydrogens (tertiary/aromatic N) is 1. The molecule has 1 heterocycles. The van der Waals surface area contributed by atoms with Crippen molar-refractivity contribution in [3.05, 3.63) is 59.9 Å². The molecule has 0 aliphatic rings. The van der Waals surface area contributed by atoms with E-state index in [1.54, 1.807) is 37.4 Å². The van der Waals surface area contributed by atoms with Crippen LogP contribution in [0.2, 0.25) is 0 Å². The van der Waals surface area contributed by atoms with Crippen molar-refractivity contribution < 1.29 is 13.2 Å². The van der Waals surface area contributed by atoms with Gasteiger partial charge in [-0.25, -0.2) is 8.42 Å². The molecule has 2 rings (SSSR count). The first-order valence-electron chi connectivity index (χ1n) is 6.40. The van der Waals surface area contributed by atoms with Crippen LogP contribution < -0.4 is 5.32 Å². The van der Waals surface area contributed by atoms with Crippen molar-refractivity contribution in [1.29, 1.82) is 0 Å². The number of hydrogen-bond donors (Lipinski definition) is 1. The molecule has 0 aliphatic carbocycles. The largest absolute Gasteiger partial charge is 0.344 e. The van der Waals surface area contributed by atoms with E-state index in [1.165, 1.54) is 12.1 Å². The maximum absolute atomic E-state index is 12.3. The molecular weight excluding hydrogens is 288 g/mol. The zero-order valence-electron chi connectivity index (χ0n) is 11.8. The van der Waals surface area contributed by atoms with Crippen molar-refractivity contribution in [3.63, 3.8) is 0 Å². The van der Waals surface area contributed by atoms with Crippen LogP contribution in [0.1, 0.15) is 29.0 Å². The molecule has 0 bridgehead atoms. The Bertz CT molecular complexity index is 743. The van der Waals surface area contributed by atoms with Gasteiger partial charge in [0, 0.05) is 12.5 Å². The SMILES string of the molecule is C[C@H](NC(=O)c1ccccc1S(C)(=O)=O)c1ccccn1. The van der Waals surface area contributed by atoms with Crippen molar-refractivity contribution in [2.75, 3.05) is 6.26 Å². The number of rotatable bonds is 4. The number of sulfone groups is 1. The van der Waals surface area contributed by atoms with E-state index in [1.807, 2.05) is 6.07 Å². The summed E-state index contributed by atoms with van der Waals surface area (Å²) in [6.07, 6.45) is 2.73. The molecule has 6 heteroatoms. The standard InChI is InChI=1S/C15H16N2O3S/c1-11(13-8-5-6-10-16-13)17-15(18)12-7-3-4-9-14(12)21(2,19)20/h3-11H,1-2H3,(H,17,18)/t11-/m0/s1. The Hall–Kier alpha value is -2.21. The number of nitrogens with one attached hydrogen (secondary N) is 1. The fraction of sp³-hybridized carbons (Fsp3) is 0.200. The van der Waals surface area contributed by atoms with E-state index in [9.17, 15) is 13.2 Å². The highest BCUT2D eigenvalue weighted by atomic mass is 32.2. The molecule has 1 aromatic carbocycles. The second kappa shape index (κ2) is 6.05. The number of amides is 1. The lowest BCUT2D eigenvalue weighted by Gasteiger charge is -2.14. The van der Waals surface area contributed by atoms with Gasteiger partial charge in [-0.2, -0.15) is 0 Å². The maximum Gasteiger partial charge on any atom is 0.253 e. The topological polar surface area (TPSA) is 76.1 Å². The Morgan fingerprint density at radius 3 is 2.43 bits per heavy atom. The lowest BCUT2D eigenvalue weighted by molar-refractivity contribution is 0.0936. The molecule has 0 radical (unpaired) electrons. The third kappa shape index (κ3) is 3.66. The average molecular weight is 304 g/mol. The summed E-state index contributed by atoms with van der Waals surface area (Å²) in [7, 11) is -3.46. The van der Waals surface area contributed by atoms with Crippen LogP contribution in [0.25, 0.3) is 0 Å². The van der Waals surface area contributed by atoms with Gasteiger partial charge in [0.2, 0.25) is 0 Å². The molecule has 0 spiro atoms. The first-order valence-corrected chi connectivity index (χ1v) is 8.29. The van der Waals surface area contributed by atoms with Crippen LogP contribution in [0.4, 0.5) is 0 Å². The maximum atomic E-state index is 12.3. The predicted octanol–water partition coefficient (Wildman–Crippen LogP) is 1.98. The summed E-state index contributed by atoms with van der Waals surface area (Å²) in [5.74, 6) is -0.436. The monoisotopic (exact) mass is 304 g/mol. The molecule has 0 aliphatic heterocycles. The van der Waals surface area contributed by atoms with Crippen LogP contribution in [0, 0.1) is 0 Å². The number of hydrogen-bond acceptors (Lipinski definition) is 4. The van der Waals surface area contributed by atoms with Crippen molar-refractivity contribution >= 4 is 15.7 Å². The predicted molar refractivity (Wildman–Crippen MR) is 79.7 cm³/mol. The molecular formula is C15H16N2O3S. The number of carbonyl (C=O) groups excluding carboxylic acids is 1. The summed E-state index contributed by atoms with van der Waals surface area (Å²) < 4.78 is 23.4. The second-order valence-corrected chi connectivity index (χ2v) is 6.70. The lowest BCUT2D eigenvalue weighted by Crippen LogP contribution is -2.28. The van der Waals surface area contributed by atoms with Crippen molar-refractivity contribution in [2.24, 2.45) is 0 Å². The lowest BCUT2D eigenvalue weighted by atomic mass is 10.1. The van der Waals surface area contributed by atoms with Crippen LogP contribution in [-0.4, -0.2) is 25.6 Å². The summed E-state index contributed by atoms with van der Waals surface area (Å²) >= 11 is 0. The van der Waals surface area contributed by atoms with Gasteiger partial charge >= 0.3 is 0 Å². The highest BCUT2D eigenvalue weighted by Crippen LogP contribution is 2.17. The quantitative estimate of drug-likeness (QED) is 0.937. The van der Waals surface area contributed by atoms with E-state index in [0.717, 1.165) is 6.26 Å². The van der Waals surface area contributed by atoms with E-state index in [0.29, 0.717) is 5.69 Å². The van der Waals surface area contributed by atoms with Gasteiger partial charge in [-0.15, -0.1) is 0 Å². The third-order valence-electron chi connectivity index (χ3n) is 3.01. The van der Waals surface area contributed by atoms with Crippen molar-refractivity contribution in [3.8, 4) is 0 Å². The average Bonchev–Trinajstić information content (AvgIpc) is 2.47. The van der Waals surface area contributed by atoms with E-state index in [4.69, 9.17) is 0 Å². The zero-order valence-corrected chi connectivity index (χ0v) is 12.6. The Morgan fingerprint density at radius 2 is 1.81 bits per heavy atom. The first-order chi connectivity index (χ1) is 9.89. The molecule has 1 aromatic heterocycles. The number of aromatic nitrogens is 1. The van der Waals surface area contributed by atoms with Gasteiger partial charge in [0.25, 0.3) is 5.91 Å². The third-order valence-corrected chi connectivity index (χ3v) is 4.17. The minimum Gasteiger partial charge on any atom is -0.344 e. The van der Waals surface area contributed by atoms with Crippen LogP contribution in [0.5, 0.6) is 0 Å². The van der Waals surface area contributed by atoms with Gasteiger partial charge in [-0.05, 0) is 31.2 Å². The van der Waals surface area contributed by atoms with E-state index < -0.39 is 15.7 Å². The molecule has 1 amide bonds. The minimum absolute atomic E-state index is 0.0238. The summed E-state index contributed by atoms with van der Waals surface area (Å²) in [4.78, 5) is 16.5. The highest BCUT2D eigenvalue weighted by Gasteiger charge is 2.19. The molecule has 5 nitrogen and oxygen atoms in total. The van der Waals surface area contributed by atoms with Gasteiger partial charge < -0.3 is 5.32 Å². The summed E-state index contributed by atoms with van der Waals surface area (Å²) in [6.45, 7) is 1.79. The smallest absolute Gasteiger partial charge is 0.253 e. The summed E-state index contributed by atoms with van der Waals surface area (Å²) in [6, 6.07) is 11.3. The number of carbonyl (C=O) groups is 1. The van der Waals surface area contributed by atoms with Gasteiger partial charge in [0.15, 0.2) is 9.84 Å². The van der Waals surface area contributed by atoms with Crippen LogP contribution in [-0.2, 0) is 9.84 Å². The molecule has 0 saturated carbocycles. The second-order valence-electron chi connectivity index (χ2n) is 4.72. The molecule has 1 atom stereocenters. The molecule has 2 aromatic rings. The summed E-state index contributed by atoms with van der Waals surface area (Å²) in [5, 5.41) is 2.76. The van der Waals surface area contributed by atoms with E-state index in [-0.39, 0.29) is 16.5 Å². The fourth-order valence-corrected chi connectivity index (χ4v) is 2.84. The Kier molecular flexibility index (Phi) is 4.37. The molecule has 0 unspecified atom stereocenters. The molecule has 21 heavy (non-hydrogen) atoms. The number of pyridine rings is 1. The van der Waals surface area contributed by atoms with E-state index in [2.05, 4.69) is 10.3 Å². The van der Waals surface area contributed by atoms with Gasteiger partial charge in [0.05, 0.1) is 22.2 Å². The van der Waals surface area contributed by atoms with Crippen LogP contribution in [0.15, 0.2) is 53.6 Å². The van der Waals surface area contributed by atoms with Crippen LogP contribution in [0.3, 0.4) is 0 Å². The van der Waals surface area contributed by atoms with Crippen LogP contribution >= 0.6 is 0 Å².